The molecule has 3 amide bonds. The molecule has 4 aliphatic rings. The number of benzene rings is 1. The molecule has 5 rings (SSSR count). The van der Waals surface area contributed by atoms with Crippen LogP contribution < -0.4 is 16.0 Å². The first-order valence-corrected chi connectivity index (χ1v) is 15.1. The van der Waals surface area contributed by atoms with Gasteiger partial charge in [0.15, 0.2) is 0 Å². The van der Waals surface area contributed by atoms with Crippen LogP contribution in [0.25, 0.3) is 0 Å². The van der Waals surface area contributed by atoms with Crippen LogP contribution in [-0.4, -0.2) is 55.1 Å². The molecule has 0 aromatic heterocycles. The molecular formula is C31H48BN3O5. The summed E-state index contributed by atoms with van der Waals surface area (Å²) in [6, 6.07) is 6.52. The Morgan fingerprint density at radius 2 is 1.77 bits per heavy atom. The summed E-state index contributed by atoms with van der Waals surface area (Å²) < 4.78 is 13.2. The van der Waals surface area contributed by atoms with Crippen LogP contribution in [0.2, 0.25) is 0 Å². The monoisotopic (exact) mass is 553 g/mol. The van der Waals surface area contributed by atoms with Crippen molar-refractivity contribution < 1.29 is 23.7 Å². The third-order valence-corrected chi connectivity index (χ3v) is 9.56. The zero-order chi connectivity index (χ0) is 29.2. The van der Waals surface area contributed by atoms with Crippen LogP contribution in [0.4, 0.5) is 0 Å². The first-order chi connectivity index (χ1) is 18.8. The van der Waals surface area contributed by atoms with Crippen molar-refractivity contribution in [3.05, 3.63) is 35.4 Å². The second-order valence-corrected chi connectivity index (χ2v) is 13.3. The first kappa shape index (κ1) is 30.6. The van der Waals surface area contributed by atoms with E-state index in [2.05, 4.69) is 57.5 Å². The maximum Gasteiger partial charge on any atom is 0.481 e. The van der Waals surface area contributed by atoms with Gasteiger partial charge in [0.2, 0.25) is 11.8 Å². The van der Waals surface area contributed by atoms with E-state index in [0.29, 0.717) is 23.8 Å². The van der Waals surface area contributed by atoms with Crippen molar-refractivity contribution in [2.75, 3.05) is 6.54 Å². The SMILES string of the molecule is CCCCc1ccc(C(=O)N[C@@H](CNC(C)=O)C(=O)N[C@@H](CC(C)C)B2O[C@@H]3C[C@H]4C[C@H](C4(C)C)[C@]3(C)O2)cc1. The fraction of sp³-hybridized carbons (Fsp3) is 0.710. The molecule has 40 heavy (non-hydrogen) atoms. The van der Waals surface area contributed by atoms with E-state index in [1.165, 1.54) is 12.5 Å². The second kappa shape index (κ2) is 12.2. The Morgan fingerprint density at radius 1 is 1.07 bits per heavy atom. The minimum atomic E-state index is -0.947. The number of carbonyl (C=O) groups excluding carboxylic acids is 3. The number of rotatable bonds is 12. The lowest BCUT2D eigenvalue weighted by Gasteiger charge is -2.64. The summed E-state index contributed by atoms with van der Waals surface area (Å²) in [5.74, 6) is -0.0473. The Balaban J connectivity index is 1.46. The average Bonchev–Trinajstić information content (AvgIpc) is 3.26. The number of hydrogen-bond donors (Lipinski definition) is 3. The first-order valence-electron chi connectivity index (χ1n) is 15.1. The molecule has 1 saturated heterocycles. The highest BCUT2D eigenvalue weighted by Gasteiger charge is 2.68. The summed E-state index contributed by atoms with van der Waals surface area (Å²) >= 11 is 0. The fourth-order valence-corrected chi connectivity index (χ4v) is 7.00. The Labute approximate surface area is 240 Å². The van der Waals surface area contributed by atoms with Crippen molar-refractivity contribution in [2.24, 2.45) is 23.2 Å². The standard InChI is InChI=1S/C31H48BN3O5/c1-8-9-10-21-11-13-22(14-12-21)28(37)34-24(18-33-20(4)36)29(38)35-27(15-19(2)3)32-39-26-17-23-16-25(30(23,5)6)31(26,7)40-32/h11-14,19,23-27H,8-10,15-18H2,1-7H3,(H,33,36)(H,34,37)(H,35,38)/t23-,24+,25-,26-,27+,31+/m1/s1. The molecule has 1 heterocycles. The van der Waals surface area contributed by atoms with Gasteiger partial charge in [-0.25, -0.2) is 0 Å². The number of carbonyl (C=O) groups is 3. The van der Waals surface area contributed by atoms with Crippen molar-refractivity contribution in [3.63, 3.8) is 0 Å². The van der Waals surface area contributed by atoms with Crippen molar-refractivity contribution in [3.8, 4) is 0 Å². The maximum atomic E-state index is 13.6. The average molecular weight is 554 g/mol. The summed E-state index contributed by atoms with van der Waals surface area (Å²) in [6.45, 7) is 14.5. The Hall–Kier alpha value is -2.39. The topological polar surface area (TPSA) is 106 Å². The largest absolute Gasteiger partial charge is 0.481 e. The summed E-state index contributed by atoms with van der Waals surface area (Å²) in [6.07, 6.45) is 5.96. The third kappa shape index (κ3) is 6.41. The number of hydrogen-bond acceptors (Lipinski definition) is 5. The van der Waals surface area contributed by atoms with E-state index in [0.717, 1.165) is 32.1 Å². The Kier molecular flexibility index (Phi) is 9.35. The predicted molar refractivity (Wildman–Crippen MR) is 156 cm³/mol. The molecule has 9 heteroatoms. The number of aryl methyl sites for hydroxylation is 1. The summed E-state index contributed by atoms with van der Waals surface area (Å²) in [4.78, 5) is 38.4. The van der Waals surface area contributed by atoms with Crippen molar-refractivity contribution in [2.45, 2.75) is 111 Å². The third-order valence-electron chi connectivity index (χ3n) is 9.56. The van der Waals surface area contributed by atoms with Gasteiger partial charge in [0, 0.05) is 19.0 Å². The van der Waals surface area contributed by atoms with Gasteiger partial charge in [0.1, 0.15) is 6.04 Å². The van der Waals surface area contributed by atoms with Gasteiger partial charge >= 0.3 is 7.12 Å². The van der Waals surface area contributed by atoms with Crippen molar-refractivity contribution >= 4 is 24.8 Å². The lowest BCUT2D eigenvalue weighted by atomic mass is 9.43. The number of nitrogens with one attached hydrogen (secondary N) is 3. The zero-order valence-electron chi connectivity index (χ0n) is 25.3. The van der Waals surface area contributed by atoms with Crippen molar-refractivity contribution in [1.29, 1.82) is 0 Å². The molecule has 1 aliphatic heterocycles. The number of unbranched alkanes of at least 4 members (excludes halogenated alkanes) is 1. The maximum absolute atomic E-state index is 13.6. The molecule has 1 aromatic carbocycles. The molecule has 0 spiro atoms. The van der Waals surface area contributed by atoms with Gasteiger partial charge in [-0.15, -0.1) is 0 Å². The molecule has 1 aromatic rings. The van der Waals surface area contributed by atoms with Crippen LogP contribution in [0.5, 0.6) is 0 Å². The normalized spacial score (nSPS) is 27.8. The second-order valence-electron chi connectivity index (χ2n) is 13.3. The lowest BCUT2D eigenvalue weighted by molar-refractivity contribution is -0.199. The Morgan fingerprint density at radius 3 is 2.38 bits per heavy atom. The number of amides is 3. The van der Waals surface area contributed by atoms with Crippen LogP contribution in [0, 0.1) is 23.2 Å². The highest BCUT2D eigenvalue weighted by atomic mass is 16.7. The molecule has 8 nitrogen and oxygen atoms in total. The van der Waals surface area contributed by atoms with E-state index in [1.807, 2.05) is 12.1 Å². The van der Waals surface area contributed by atoms with Gasteiger partial charge in [-0.3, -0.25) is 14.4 Å². The van der Waals surface area contributed by atoms with Crippen LogP contribution in [0.15, 0.2) is 24.3 Å². The smallest absolute Gasteiger partial charge is 0.404 e. The van der Waals surface area contributed by atoms with E-state index < -0.39 is 13.2 Å². The van der Waals surface area contributed by atoms with Crippen LogP contribution in [0.1, 0.15) is 96.5 Å². The highest BCUT2D eigenvalue weighted by molar-refractivity contribution is 6.48. The van der Waals surface area contributed by atoms with Gasteiger partial charge in [-0.05, 0) is 79.9 Å². The predicted octanol–water partition coefficient (Wildman–Crippen LogP) is 4.06. The van der Waals surface area contributed by atoms with Gasteiger partial charge < -0.3 is 25.3 Å². The lowest BCUT2D eigenvalue weighted by Crippen LogP contribution is -2.65. The molecule has 4 fully saturated rings. The molecule has 220 valence electrons. The summed E-state index contributed by atoms with van der Waals surface area (Å²) in [5.41, 5.74) is 1.49. The quantitative estimate of drug-likeness (QED) is 0.339. The van der Waals surface area contributed by atoms with E-state index in [-0.39, 0.29) is 53.2 Å². The van der Waals surface area contributed by atoms with E-state index in [9.17, 15) is 14.4 Å². The van der Waals surface area contributed by atoms with Gasteiger partial charge in [0.05, 0.1) is 17.6 Å². The Bertz CT molecular complexity index is 1080. The van der Waals surface area contributed by atoms with Gasteiger partial charge in [-0.2, -0.15) is 0 Å². The van der Waals surface area contributed by atoms with Crippen molar-refractivity contribution in [1.82, 2.24) is 16.0 Å². The van der Waals surface area contributed by atoms with Gasteiger partial charge in [-0.1, -0.05) is 53.2 Å². The van der Waals surface area contributed by atoms with Crippen LogP contribution in [0.3, 0.4) is 0 Å². The fourth-order valence-electron chi connectivity index (χ4n) is 7.00. The molecular weight excluding hydrogens is 505 g/mol. The van der Waals surface area contributed by atoms with Gasteiger partial charge in [0.25, 0.3) is 5.91 Å². The molecule has 3 aliphatic carbocycles. The minimum Gasteiger partial charge on any atom is -0.404 e. The van der Waals surface area contributed by atoms with Crippen LogP contribution >= 0.6 is 0 Å². The molecule has 0 unspecified atom stereocenters. The van der Waals surface area contributed by atoms with E-state index in [1.54, 1.807) is 12.1 Å². The highest BCUT2D eigenvalue weighted by Crippen LogP contribution is 2.65. The molecule has 3 saturated carbocycles. The molecule has 3 N–H and O–H groups in total. The minimum absolute atomic E-state index is 0.0102. The summed E-state index contributed by atoms with van der Waals surface area (Å²) in [7, 11) is -0.565. The summed E-state index contributed by atoms with van der Waals surface area (Å²) in [5, 5.41) is 8.65. The molecule has 2 bridgehead atoms. The van der Waals surface area contributed by atoms with E-state index >= 15 is 0 Å². The van der Waals surface area contributed by atoms with E-state index in [4.69, 9.17) is 9.31 Å². The van der Waals surface area contributed by atoms with Crippen LogP contribution in [-0.2, 0) is 25.3 Å². The molecule has 6 atom stereocenters. The zero-order valence-corrected chi connectivity index (χ0v) is 25.3. The molecule has 0 radical (unpaired) electrons.